The summed E-state index contributed by atoms with van der Waals surface area (Å²) in [6.07, 6.45) is 3.76. The third kappa shape index (κ3) is 4.40. The molecular weight excluding hydrogens is 338 g/mol. The number of aliphatic hydroxyl groups excluding tert-OH is 2. The monoisotopic (exact) mass is 367 g/mol. The van der Waals surface area contributed by atoms with Crippen LogP contribution >= 0.6 is 0 Å². The number of carbonyl (C=O) groups excluding carboxylic acids is 1. The molecule has 0 heterocycles. The van der Waals surface area contributed by atoms with E-state index in [1.54, 1.807) is 11.8 Å². The van der Waals surface area contributed by atoms with Crippen LogP contribution in [0.4, 0.5) is 0 Å². The standard InChI is InChI=1S/C23H29NO3/c1-17(26)18-5-7-19(8-6-18)20-9-11-21(12-10-20)22(27)24(2)15-23(16-25)13-3-4-14-23/h5-12,17,25-26H,3-4,13-16H2,1-2H3/t17-/m0/s1. The van der Waals surface area contributed by atoms with Gasteiger partial charge in [-0.25, -0.2) is 0 Å². The van der Waals surface area contributed by atoms with Gasteiger partial charge in [-0.1, -0.05) is 49.2 Å². The van der Waals surface area contributed by atoms with E-state index in [1.807, 2.05) is 55.6 Å². The highest BCUT2D eigenvalue weighted by Gasteiger charge is 2.35. The molecule has 27 heavy (non-hydrogen) atoms. The molecule has 144 valence electrons. The second-order valence-electron chi connectivity index (χ2n) is 7.90. The summed E-state index contributed by atoms with van der Waals surface area (Å²) in [5, 5.41) is 19.4. The number of amides is 1. The van der Waals surface area contributed by atoms with E-state index >= 15 is 0 Å². The number of rotatable bonds is 6. The maximum Gasteiger partial charge on any atom is 0.253 e. The largest absolute Gasteiger partial charge is 0.396 e. The lowest BCUT2D eigenvalue weighted by atomic mass is 9.86. The van der Waals surface area contributed by atoms with Crippen LogP contribution in [-0.4, -0.2) is 41.2 Å². The van der Waals surface area contributed by atoms with Gasteiger partial charge in [-0.2, -0.15) is 0 Å². The van der Waals surface area contributed by atoms with Crippen LogP contribution < -0.4 is 0 Å². The quantitative estimate of drug-likeness (QED) is 0.810. The third-order valence-corrected chi connectivity index (χ3v) is 5.78. The van der Waals surface area contributed by atoms with Gasteiger partial charge < -0.3 is 15.1 Å². The summed E-state index contributed by atoms with van der Waals surface area (Å²) in [6, 6.07) is 15.4. The Morgan fingerprint density at radius 2 is 1.56 bits per heavy atom. The molecule has 0 radical (unpaired) electrons. The van der Waals surface area contributed by atoms with Gasteiger partial charge in [-0.05, 0) is 48.6 Å². The molecule has 1 atom stereocenters. The lowest BCUT2D eigenvalue weighted by molar-refractivity contribution is 0.0595. The molecule has 0 bridgehead atoms. The summed E-state index contributed by atoms with van der Waals surface area (Å²) in [7, 11) is 1.82. The first-order valence-corrected chi connectivity index (χ1v) is 9.69. The lowest BCUT2D eigenvalue weighted by Gasteiger charge is -2.31. The van der Waals surface area contributed by atoms with Gasteiger partial charge in [-0.3, -0.25) is 4.79 Å². The first kappa shape index (κ1) is 19.6. The SMILES string of the molecule is C[C@H](O)c1ccc(-c2ccc(C(=O)N(C)CC3(CO)CCCC3)cc2)cc1. The molecule has 1 saturated carbocycles. The van der Waals surface area contributed by atoms with Crippen molar-refractivity contribution in [1.29, 1.82) is 0 Å². The van der Waals surface area contributed by atoms with E-state index in [2.05, 4.69) is 0 Å². The molecule has 1 aliphatic rings. The topological polar surface area (TPSA) is 60.8 Å². The summed E-state index contributed by atoms with van der Waals surface area (Å²) in [5.41, 5.74) is 3.51. The molecular formula is C23H29NO3. The molecule has 0 aliphatic heterocycles. The molecule has 1 fully saturated rings. The number of benzene rings is 2. The molecule has 4 nitrogen and oxygen atoms in total. The van der Waals surface area contributed by atoms with Crippen molar-refractivity contribution in [3.05, 3.63) is 59.7 Å². The van der Waals surface area contributed by atoms with Crippen LogP contribution in [0.3, 0.4) is 0 Å². The molecule has 0 unspecified atom stereocenters. The Balaban J connectivity index is 1.69. The first-order valence-electron chi connectivity index (χ1n) is 9.69. The van der Waals surface area contributed by atoms with Crippen molar-refractivity contribution < 1.29 is 15.0 Å². The Kier molecular flexibility index (Phi) is 5.98. The van der Waals surface area contributed by atoms with Crippen molar-refractivity contribution in [2.45, 2.75) is 38.7 Å². The van der Waals surface area contributed by atoms with Crippen LogP contribution in [0.25, 0.3) is 11.1 Å². The minimum absolute atomic E-state index is 0.00858. The van der Waals surface area contributed by atoms with Gasteiger partial charge in [0.2, 0.25) is 0 Å². The predicted octanol–water partition coefficient (Wildman–Crippen LogP) is 4.03. The van der Waals surface area contributed by atoms with Crippen molar-refractivity contribution in [2.24, 2.45) is 5.41 Å². The minimum atomic E-state index is -0.475. The molecule has 4 heteroatoms. The van der Waals surface area contributed by atoms with Gasteiger partial charge in [0.15, 0.2) is 0 Å². The van der Waals surface area contributed by atoms with Crippen molar-refractivity contribution in [2.75, 3.05) is 20.2 Å². The van der Waals surface area contributed by atoms with E-state index in [1.165, 1.54) is 0 Å². The molecule has 0 saturated heterocycles. The average molecular weight is 367 g/mol. The van der Waals surface area contributed by atoms with E-state index < -0.39 is 6.10 Å². The Morgan fingerprint density at radius 3 is 2.04 bits per heavy atom. The summed E-state index contributed by atoms with van der Waals surface area (Å²) >= 11 is 0. The van der Waals surface area contributed by atoms with Crippen LogP contribution in [0, 0.1) is 5.41 Å². The van der Waals surface area contributed by atoms with E-state index in [4.69, 9.17) is 0 Å². The zero-order valence-corrected chi connectivity index (χ0v) is 16.2. The number of aliphatic hydroxyl groups is 2. The molecule has 2 N–H and O–H groups in total. The Bertz CT molecular complexity index is 759. The second-order valence-corrected chi connectivity index (χ2v) is 7.90. The smallest absolute Gasteiger partial charge is 0.253 e. The molecule has 1 aliphatic carbocycles. The molecule has 0 spiro atoms. The normalized spacial score (nSPS) is 16.9. The average Bonchev–Trinajstić information content (AvgIpc) is 3.16. The number of hydrogen-bond donors (Lipinski definition) is 2. The summed E-state index contributed by atoms with van der Waals surface area (Å²) < 4.78 is 0. The van der Waals surface area contributed by atoms with Crippen molar-refractivity contribution in [3.63, 3.8) is 0 Å². The maximum atomic E-state index is 12.8. The van der Waals surface area contributed by atoms with E-state index in [0.717, 1.165) is 42.4 Å². The Labute approximate surface area is 161 Å². The van der Waals surface area contributed by atoms with Crippen molar-refractivity contribution in [1.82, 2.24) is 4.90 Å². The lowest BCUT2D eigenvalue weighted by Crippen LogP contribution is -2.39. The highest BCUT2D eigenvalue weighted by Crippen LogP contribution is 2.38. The predicted molar refractivity (Wildman–Crippen MR) is 107 cm³/mol. The zero-order valence-electron chi connectivity index (χ0n) is 16.2. The minimum Gasteiger partial charge on any atom is -0.396 e. The van der Waals surface area contributed by atoms with Crippen LogP contribution in [0.5, 0.6) is 0 Å². The zero-order chi connectivity index (χ0) is 19.4. The van der Waals surface area contributed by atoms with Gasteiger partial charge >= 0.3 is 0 Å². The van der Waals surface area contributed by atoms with Crippen LogP contribution in [0.2, 0.25) is 0 Å². The molecule has 2 aromatic rings. The fourth-order valence-electron chi connectivity index (χ4n) is 4.05. The van der Waals surface area contributed by atoms with E-state index in [-0.39, 0.29) is 17.9 Å². The van der Waals surface area contributed by atoms with Gasteiger partial charge in [0.1, 0.15) is 0 Å². The highest BCUT2D eigenvalue weighted by atomic mass is 16.3. The Hall–Kier alpha value is -2.17. The first-order chi connectivity index (χ1) is 12.9. The molecule has 0 aromatic heterocycles. The third-order valence-electron chi connectivity index (χ3n) is 5.78. The highest BCUT2D eigenvalue weighted by molar-refractivity contribution is 5.94. The fraction of sp³-hybridized carbons (Fsp3) is 0.435. The van der Waals surface area contributed by atoms with Gasteiger partial charge in [-0.15, -0.1) is 0 Å². The van der Waals surface area contributed by atoms with Gasteiger partial charge in [0.25, 0.3) is 5.91 Å². The summed E-state index contributed by atoms with van der Waals surface area (Å²) in [4.78, 5) is 14.5. The second kappa shape index (κ2) is 8.24. The fourth-order valence-corrected chi connectivity index (χ4v) is 4.05. The number of nitrogens with zero attached hydrogens (tertiary/aromatic N) is 1. The molecule has 3 rings (SSSR count). The number of carbonyl (C=O) groups is 1. The van der Waals surface area contributed by atoms with Gasteiger partial charge in [0.05, 0.1) is 12.7 Å². The van der Waals surface area contributed by atoms with Crippen LogP contribution in [0.1, 0.15) is 54.6 Å². The van der Waals surface area contributed by atoms with E-state index in [9.17, 15) is 15.0 Å². The van der Waals surface area contributed by atoms with E-state index in [0.29, 0.717) is 12.1 Å². The van der Waals surface area contributed by atoms with Crippen molar-refractivity contribution >= 4 is 5.91 Å². The molecule has 2 aromatic carbocycles. The Morgan fingerprint density at radius 1 is 1.04 bits per heavy atom. The van der Waals surface area contributed by atoms with Crippen LogP contribution in [-0.2, 0) is 0 Å². The summed E-state index contributed by atoms with van der Waals surface area (Å²) in [5.74, 6) is -0.00858. The van der Waals surface area contributed by atoms with Gasteiger partial charge in [0, 0.05) is 24.6 Å². The molecule has 1 amide bonds. The van der Waals surface area contributed by atoms with Crippen molar-refractivity contribution in [3.8, 4) is 11.1 Å². The summed E-state index contributed by atoms with van der Waals surface area (Å²) in [6.45, 7) is 2.50. The number of hydrogen-bond acceptors (Lipinski definition) is 3. The van der Waals surface area contributed by atoms with Crippen LogP contribution in [0.15, 0.2) is 48.5 Å². The maximum absolute atomic E-state index is 12.8.